The summed E-state index contributed by atoms with van der Waals surface area (Å²) in [6, 6.07) is 9.18. The second-order valence-electron chi connectivity index (χ2n) is 5.77. The molecule has 7 nitrogen and oxygen atoms in total. The summed E-state index contributed by atoms with van der Waals surface area (Å²) >= 11 is 0. The number of benzene rings is 1. The van der Waals surface area contributed by atoms with Crippen molar-refractivity contribution in [1.82, 2.24) is 4.98 Å². The minimum Gasteiger partial charge on any atom is -0.371 e. The molecule has 0 radical (unpaired) electrons. The molecule has 124 valence electrons. The average molecular weight is 325 g/mol. The number of nitro groups is 1. The molecule has 7 heteroatoms. The maximum atomic E-state index is 10.6. The van der Waals surface area contributed by atoms with Gasteiger partial charge in [0.25, 0.3) is 5.69 Å². The lowest BCUT2D eigenvalue weighted by molar-refractivity contribution is -0.385. The van der Waals surface area contributed by atoms with Gasteiger partial charge in [0.05, 0.1) is 11.1 Å². The Labute approximate surface area is 140 Å². The Morgan fingerprint density at radius 2 is 2.08 bits per heavy atom. The van der Waals surface area contributed by atoms with E-state index in [0.29, 0.717) is 5.82 Å². The third kappa shape index (κ3) is 3.68. The Kier molecular flexibility index (Phi) is 4.69. The maximum absolute atomic E-state index is 10.6. The molecule has 0 atom stereocenters. The van der Waals surface area contributed by atoms with Crippen LogP contribution in [0.15, 0.2) is 41.6 Å². The highest BCUT2D eigenvalue weighted by Crippen LogP contribution is 2.24. The third-order valence-electron chi connectivity index (χ3n) is 4.02. The van der Waals surface area contributed by atoms with Crippen LogP contribution in [-0.4, -0.2) is 29.2 Å². The topological polar surface area (TPSA) is 83.7 Å². The fraction of sp³-hybridized carbons (Fsp3) is 0.294. The monoisotopic (exact) mass is 325 g/mol. The van der Waals surface area contributed by atoms with Gasteiger partial charge in [-0.2, -0.15) is 5.10 Å². The molecule has 3 rings (SSSR count). The highest BCUT2D eigenvalue weighted by Gasteiger charge is 2.13. The number of nitrogens with zero attached hydrogens (tertiary/aromatic N) is 4. The van der Waals surface area contributed by atoms with Crippen LogP contribution in [-0.2, 0) is 0 Å². The molecule has 0 amide bonds. The van der Waals surface area contributed by atoms with E-state index in [-0.39, 0.29) is 5.69 Å². The van der Waals surface area contributed by atoms with Crippen molar-refractivity contribution in [3.05, 3.63) is 57.8 Å². The zero-order chi connectivity index (χ0) is 16.9. The van der Waals surface area contributed by atoms with Crippen LogP contribution in [0, 0.1) is 17.0 Å². The van der Waals surface area contributed by atoms with Gasteiger partial charge in [-0.3, -0.25) is 15.5 Å². The lowest BCUT2D eigenvalue weighted by Gasteiger charge is -2.20. The fourth-order valence-corrected chi connectivity index (χ4v) is 2.80. The molecule has 1 aromatic carbocycles. The van der Waals surface area contributed by atoms with Crippen LogP contribution in [0.4, 0.5) is 17.2 Å². The average Bonchev–Trinajstić information content (AvgIpc) is 3.10. The Hall–Kier alpha value is -2.96. The number of rotatable bonds is 5. The molecule has 0 bridgehead atoms. The van der Waals surface area contributed by atoms with Crippen molar-refractivity contribution < 1.29 is 4.92 Å². The number of hydrazone groups is 1. The van der Waals surface area contributed by atoms with Crippen LogP contribution >= 0.6 is 0 Å². The van der Waals surface area contributed by atoms with Crippen LogP contribution in [0.3, 0.4) is 0 Å². The van der Waals surface area contributed by atoms with E-state index in [4.69, 9.17) is 0 Å². The van der Waals surface area contributed by atoms with Crippen LogP contribution in [0.25, 0.3) is 0 Å². The largest absolute Gasteiger partial charge is 0.371 e. The first-order chi connectivity index (χ1) is 11.6. The number of aromatic nitrogens is 1. The highest BCUT2D eigenvalue weighted by molar-refractivity contribution is 5.81. The maximum Gasteiger partial charge on any atom is 0.287 e. The normalized spacial score (nSPS) is 14.3. The van der Waals surface area contributed by atoms with Gasteiger partial charge in [-0.05, 0) is 49.1 Å². The lowest BCUT2D eigenvalue weighted by atomic mass is 10.1. The molecular weight excluding hydrogens is 306 g/mol. The standard InChI is InChI=1S/C17H19N5O2/c1-13-10-14(4-6-16(13)21-8-2-3-9-21)11-19-20-17-7-5-15(12-18-17)22(23)24/h4-7,10-12H,2-3,8-9H2,1H3,(H,18,20)/b19-11+. The van der Waals surface area contributed by atoms with Gasteiger partial charge in [0, 0.05) is 24.8 Å². The molecule has 1 aromatic heterocycles. The number of anilines is 2. The minimum atomic E-state index is -0.481. The van der Waals surface area contributed by atoms with E-state index < -0.39 is 4.92 Å². The number of pyridine rings is 1. The molecular formula is C17H19N5O2. The summed E-state index contributed by atoms with van der Waals surface area (Å²) in [7, 11) is 0. The molecule has 1 aliphatic rings. The van der Waals surface area contributed by atoms with E-state index in [0.717, 1.165) is 18.7 Å². The Morgan fingerprint density at radius 1 is 1.29 bits per heavy atom. The van der Waals surface area contributed by atoms with Crippen LogP contribution in [0.2, 0.25) is 0 Å². The molecule has 0 aliphatic carbocycles. The molecule has 2 aromatic rings. The first-order valence-electron chi connectivity index (χ1n) is 7.88. The second-order valence-corrected chi connectivity index (χ2v) is 5.77. The zero-order valence-electron chi connectivity index (χ0n) is 13.5. The molecule has 0 spiro atoms. The van der Waals surface area contributed by atoms with Crippen LogP contribution < -0.4 is 10.3 Å². The van der Waals surface area contributed by atoms with E-state index in [1.165, 1.54) is 42.4 Å². The van der Waals surface area contributed by atoms with Crippen LogP contribution in [0.5, 0.6) is 0 Å². The predicted octanol–water partition coefficient (Wildman–Crippen LogP) is 3.34. The predicted molar refractivity (Wildman–Crippen MR) is 94.7 cm³/mol. The molecule has 1 aliphatic heterocycles. The summed E-state index contributed by atoms with van der Waals surface area (Å²) in [5, 5.41) is 14.7. The zero-order valence-corrected chi connectivity index (χ0v) is 13.5. The van der Waals surface area contributed by atoms with E-state index in [1.807, 2.05) is 6.07 Å². The summed E-state index contributed by atoms with van der Waals surface area (Å²) < 4.78 is 0. The number of nitrogens with one attached hydrogen (secondary N) is 1. The SMILES string of the molecule is Cc1cc(/C=N/Nc2ccc([N+](=O)[O-])cn2)ccc1N1CCCC1. The smallest absolute Gasteiger partial charge is 0.287 e. The Balaban J connectivity index is 1.63. The molecule has 2 heterocycles. The van der Waals surface area contributed by atoms with Crippen LogP contribution in [0.1, 0.15) is 24.0 Å². The van der Waals surface area contributed by atoms with Gasteiger partial charge < -0.3 is 4.90 Å². The Morgan fingerprint density at radius 3 is 2.71 bits per heavy atom. The summed E-state index contributed by atoms with van der Waals surface area (Å²) in [5.74, 6) is 0.460. The first kappa shape index (κ1) is 15.9. The van der Waals surface area contributed by atoms with E-state index in [9.17, 15) is 10.1 Å². The first-order valence-corrected chi connectivity index (χ1v) is 7.88. The molecule has 1 saturated heterocycles. The molecule has 1 N–H and O–H groups in total. The van der Waals surface area contributed by atoms with Gasteiger partial charge >= 0.3 is 0 Å². The molecule has 24 heavy (non-hydrogen) atoms. The van der Waals surface area contributed by atoms with Gasteiger partial charge in [-0.25, -0.2) is 4.98 Å². The van der Waals surface area contributed by atoms with Crippen molar-refractivity contribution in [2.45, 2.75) is 19.8 Å². The molecule has 1 fully saturated rings. The van der Waals surface area contributed by atoms with Crippen molar-refractivity contribution >= 4 is 23.4 Å². The summed E-state index contributed by atoms with van der Waals surface area (Å²) in [4.78, 5) is 16.5. The van der Waals surface area contributed by atoms with Crippen molar-refractivity contribution in [2.24, 2.45) is 5.10 Å². The Bertz CT molecular complexity index is 752. The van der Waals surface area contributed by atoms with Gasteiger partial charge in [0.1, 0.15) is 12.0 Å². The quantitative estimate of drug-likeness (QED) is 0.518. The third-order valence-corrected chi connectivity index (χ3v) is 4.02. The molecule has 0 saturated carbocycles. The second kappa shape index (κ2) is 7.08. The van der Waals surface area contributed by atoms with E-state index in [2.05, 4.69) is 39.5 Å². The lowest BCUT2D eigenvalue weighted by Crippen LogP contribution is -2.18. The summed E-state index contributed by atoms with van der Waals surface area (Å²) in [6.45, 7) is 4.36. The summed E-state index contributed by atoms with van der Waals surface area (Å²) in [6.07, 6.45) is 5.43. The van der Waals surface area contributed by atoms with Crippen molar-refractivity contribution in [2.75, 3.05) is 23.4 Å². The van der Waals surface area contributed by atoms with Gasteiger partial charge in [-0.15, -0.1) is 0 Å². The van der Waals surface area contributed by atoms with Gasteiger partial charge in [0.2, 0.25) is 0 Å². The minimum absolute atomic E-state index is 0.0438. The summed E-state index contributed by atoms with van der Waals surface area (Å²) in [5.41, 5.74) is 6.24. The van der Waals surface area contributed by atoms with E-state index in [1.54, 1.807) is 6.21 Å². The van der Waals surface area contributed by atoms with Crippen molar-refractivity contribution in [3.63, 3.8) is 0 Å². The van der Waals surface area contributed by atoms with E-state index >= 15 is 0 Å². The van der Waals surface area contributed by atoms with Gasteiger partial charge in [0.15, 0.2) is 0 Å². The van der Waals surface area contributed by atoms with Crippen molar-refractivity contribution in [1.29, 1.82) is 0 Å². The number of aryl methyl sites for hydroxylation is 1. The highest BCUT2D eigenvalue weighted by atomic mass is 16.6. The molecule has 0 unspecified atom stereocenters. The number of hydrogen-bond acceptors (Lipinski definition) is 6. The number of hydrogen-bond donors (Lipinski definition) is 1. The fourth-order valence-electron chi connectivity index (χ4n) is 2.80. The van der Waals surface area contributed by atoms with Crippen molar-refractivity contribution in [3.8, 4) is 0 Å². The van der Waals surface area contributed by atoms with Gasteiger partial charge in [-0.1, -0.05) is 6.07 Å².